The Morgan fingerprint density at radius 1 is 1.28 bits per heavy atom. The molecule has 0 radical (unpaired) electrons. The molecule has 0 amide bonds. The normalized spacial score (nSPS) is 26.3. The average molecular weight is 244 g/mol. The molecule has 1 atom stereocenters. The molecular formula is C16H24N2. The smallest absolute Gasteiger partial charge is 0.0460 e. The van der Waals surface area contributed by atoms with Crippen LogP contribution in [0.4, 0.5) is 0 Å². The predicted octanol–water partition coefficient (Wildman–Crippen LogP) is 3.24. The number of hydrogen-bond acceptors (Lipinski definition) is 2. The van der Waals surface area contributed by atoms with Gasteiger partial charge in [0.15, 0.2) is 0 Å². The van der Waals surface area contributed by atoms with Crippen molar-refractivity contribution in [3.05, 3.63) is 29.6 Å². The van der Waals surface area contributed by atoms with Gasteiger partial charge in [-0.3, -0.25) is 4.98 Å². The fourth-order valence-corrected chi connectivity index (χ4v) is 3.36. The van der Waals surface area contributed by atoms with Crippen molar-refractivity contribution in [3.63, 3.8) is 0 Å². The molecule has 1 aliphatic carbocycles. The van der Waals surface area contributed by atoms with Crippen LogP contribution in [0, 0.1) is 5.41 Å². The Morgan fingerprint density at radius 3 is 2.61 bits per heavy atom. The van der Waals surface area contributed by atoms with Gasteiger partial charge < -0.3 is 5.32 Å². The van der Waals surface area contributed by atoms with E-state index in [0.29, 0.717) is 11.3 Å². The molecule has 2 fully saturated rings. The van der Waals surface area contributed by atoms with Crippen LogP contribution < -0.4 is 5.32 Å². The summed E-state index contributed by atoms with van der Waals surface area (Å²) in [7, 11) is 0. The van der Waals surface area contributed by atoms with Crippen LogP contribution in [-0.4, -0.2) is 18.1 Å². The molecule has 2 nitrogen and oxygen atoms in total. The second-order valence-corrected chi connectivity index (χ2v) is 7.24. The molecule has 1 aromatic rings. The zero-order chi connectivity index (χ0) is 12.8. The molecule has 2 heterocycles. The second-order valence-electron chi connectivity index (χ2n) is 7.24. The topological polar surface area (TPSA) is 24.9 Å². The van der Waals surface area contributed by atoms with Crippen LogP contribution in [-0.2, 0) is 5.41 Å². The minimum absolute atomic E-state index is 0.157. The molecular weight excluding hydrogens is 220 g/mol. The molecule has 1 aliphatic heterocycles. The average Bonchev–Trinajstić information content (AvgIpc) is 2.73. The molecule has 1 saturated heterocycles. The lowest BCUT2D eigenvalue weighted by Gasteiger charge is -2.39. The third-order valence-corrected chi connectivity index (χ3v) is 4.66. The largest absolute Gasteiger partial charge is 0.316 e. The van der Waals surface area contributed by atoms with E-state index in [2.05, 4.69) is 44.3 Å². The maximum absolute atomic E-state index is 4.93. The SMILES string of the molecule is CC(C)(C)c1cccc([C@@H]2CCC3(CNC3)C2)n1. The third-order valence-electron chi connectivity index (χ3n) is 4.66. The van der Waals surface area contributed by atoms with E-state index in [9.17, 15) is 0 Å². The number of nitrogens with zero attached hydrogens (tertiary/aromatic N) is 1. The third kappa shape index (κ3) is 2.07. The molecule has 3 rings (SSSR count). The summed E-state index contributed by atoms with van der Waals surface area (Å²) in [4.78, 5) is 4.93. The van der Waals surface area contributed by atoms with Gasteiger partial charge in [0.05, 0.1) is 0 Å². The standard InChI is InChI=1S/C16H24N2/c1-15(2,3)14-6-4-5-13(18-14)12-7-8-16(9-12)10-17-11-16/h4-6,12,17H,7-11H2,1-3H3/t12-/m1/s1. The van der Waals surface area contributed by atoms with Gasteiger partial charge >= 0.3 is 0 Å². The molecule has 1 aromatic heterocycles. The number of nitrogens with one attached hydrogen (secondary N) is 1. The van der Waals surface area contributed by atoms with E-state index in [-0.39, 0.29) is 5.41 Å². The van der Waals surface area contributed by atoms with Gasteiger partial charge in [-0.05, 0) is 36.8 Å². The molecule has 1 N–H and O–H groups in total. The van der Waals surface area contributed by atoms with Gasteiger partial charge in [0.1, 0.15) is 0 Å². The summed E-state index contributed by atoms with van der Waals surface area (Å²) in [5.74, 6) is 0.689. The van der Waals surface area contributed by atoms with E-state index >= 15 is 0 Å². The maximum atomic E-state index is 4.93. The summed E-state index contributed by atoms with van der Waals surface area (Å²) < 4.78 is 0. The lowest BCUT2D eigenvalue weighted by atomic mass is 9.79. The van der Waals surface area contributed by atoms with Crippen molar-refractivity contribution >= 4 is 0 Å². The van der Waals surface area contributed by atoms with Crippen molar-refractivity contribution in [1.29, 1.82) is 0 Å². The van der Waals surface area contributed by atoms with Crippen LogP contribution in [0.2, 0.25) is 0 Å². The van der Waals surface area contributed by atoms with E-state index in [0.717, 1.165) is 0 Å². The van der Waals surface area contributed by atoms with E-state index in [4.69, 9.17) is 4.98 Å². The molecule has 18 heavy (non-hydrogen) atoms. The highest BCUT2D eigenvalue weighted by molar-refractivity contribution is 5.21. The first-order chi connectivity index (χ1) is 8.49. The van der Waals surface area contributed by atoms with Crippen molar-refractivity contribution < 1.29 is 0 Å². The fraction of sp³-hybridized carbons (Fsp3) is 0.688. The minimum atomic E-state index is 0.157. The molecule has 1 saturated carbocycles. The van der Waals surface area contributed by atoms with Gasteiger partial charge in [-0.15, -0.1) is 0 Å². The van der Waals surface area contributed by atoms with Crippen LogP contribution in [0.5, 0.6) is 0 Å². The van der Waals surface area contributed by atoms with E-state index in [1.165, 1.54) is 43.7 Å². The predicted molar refractivity (Wildman–Crippen MR) is 74.8 cm³/mol. The van der Waals surface area contributed by atoms with Crippen LogP contribution in [0.15, 0.2) is 18.2 Å². The van der Waals surface area contributed by atoms with Crippen LogP contribution in [0.1, 0.15) is 57.3 Å². The fourth-order valence-electron chi connectivity index (χ4n) is 3.36. The van der Waals surface area contributed by atoms with Crippen LogP contribution in [0.3, 0.4) is 0 Å². The van der Waals surface area contributed by atoms with Gasteiger partial charge in [-0.25, -0.2) is 0 Å². The van der Waals surface area contributed by atoms with E-state index in [1.807, 2.05) is 0 Å². The Balaban J connectivity index is 1.81. The maximum Gasteiger partial charge on any atom is 0.0460 e. The van der Waals surface area contributed by atoms with Gasteiger partial charge in [0.25, 0.3) is 0 Å². The van der Waals surface area contributed by atoms with E-state index in [1.54, 1.807) is 0 Å². The molecule has 2 aliphatic rings. The highest BCUT2D eigenvalue weighted by Gasteiger charge is 2.44. The van der Waals surface area contributed by atoms with Crippen molar-refractivity contribution in [2.24, 2.45) is 5.41 Å². The van der Waals surface area contributed by atoms with Gasteiger partial charge in [0.2, 0.25) is 0 Å². The van der Waals surface area contributed by atoms with Gasteiger partial charge in [-0.1, -0.05) is 26.8 Å². The van der Waals surface area contributed by atoms with Crippen molar-refractivity contribution in [3.8, 4) is 0 Å². The molecule has 98 valence electrons. The number of aromatic nitrogens is 1. The van der Waals surface area contributed by atoms with Crippen molar-refractivity contribution in [2.45, 2.75) is 51.4 Å². The molecule has 0 bridgehead atoms. The Kier molecular flexibility index (Phi) is 2.74. The van der Waals surface area contributed by atoms with Crippen LogP contribution in [0.25, 0.3) is 0 Å². The first-order valence-corrected chi connectivity index (χ1v) is 7.17. The summed E-state index contributed by atoms with van der Waals surface area (Å²) in [6, 6.07) is 6.58. The Hall–Kier alpha value is -0.890. The molecule has 1 spiro atoms. The summed E-state index contributed by atoms with van der Waals surface area (Å²) >= 11 is 0. The molecule has 0 unspecified atom stereocenters. The first-order valence-electron chi connectivity index (χ1n) is 7.17. The number of hydrogen-bond donors (Lipinski definition) is 1. The quantitative estimate of drug-likeness (QED) is 0.820. The zero-order valence-corrected chi connectivity index (χ0v) is 11.8. The summed E-state index contributed by atoms with van der Waals surface area (Å²) in [5, 5.41) is 3.43. The number of rotatable bonds is 1. The number of pyridine rings is 1. The summed E-state index contributed by atoms with van der Waals surface area (Å²) in [6.45, 7) is 9.17. The highest BCUT2D eigenvalue weighted by atomic mass is 15.0. The summed E-state index contributed by atoms with van der Waals surface area (Å²) in [6.07, 6.45) is 4.04. The lowest BCUT2D eigenvalue weighted by Crippen LogP contribution is -2.51. The van der Waals surface area contributed by atoms with E-state index < -0.39 is 0 Å². The Morgan fingerprint density at radius 2 is 2.06 bits per heavy atom. The van der Waals surface area contributed by atoms with Crippen molar-refractivity contribution in [1.82, 2.24) is 10.3 Å². The first kappa shape index (κ1) is 12.2. The molecule has 2 heteroatoms. The zero-order valence-electron chi connectivity index (χ0n) is 11.8. The lowest BCUT2D eigenvalue weighted by molar-refractivity contribution is 0.175. The van der Waals surface area contributed by atoms with Gasteiger partial charge in [0, 0.05) is 35.8 Å². The minimum Gasteiger partial charge on any atom is -0.316 e. The second kappa shape index (κ2) is 4.06. The van der Waals surface area contributed by atoms with Crippen molar-refractivity contribution in [2.75, 3.05) is 13.1 Å². The van der Waals surface area contributed by atoms with Crippen LogP contribution >= 0.6 is 0 Å². The Bertz CT molecular complexity index is 441. The highest BCUT2D eigenvalue weighted by Crippen LogP contribution is 2.48. The van der Waals surface area contributed by atoms with Gasteiger partial charge in [-0.2, -0.15) is 0 Å². The Labute approximate surface area is 110 Å². The summed E-state index contributed by atoms with van der Waals surface area (Å²) in [5.41, 5.74) is 3.33. The monoisotopic (exact) mass is 244 g/mol. The molecule has 0 aromatic carbocycles.